The third-order valence-electron chi connectivity index (χ3n) is 14.9. The second kappa shape index (κ2) is 12.8. The minimum Gasteiger partial charge on any atom is -0.456 e. The molecule has 0 N–H and O–H groups in total. The first kappa shape index (κ1) is 35.6. The van der Waals surface area contributed by atoms with Crippen LogP contribution in [0.25, 0.3) is 77.2 Å². The van der Waals surface area contributed by atoms with Gasteiger partial charge in [0.25, 0.3) is 0 Å². The van der Waals surface area contributed by atoms with Gasteiger partial charge in [0.15, 0.2) is 0 Å². The minimum absolute atomic E-state index is 0.166. The fraction of sp³-hybridized carbons (Fsp3) is 0.0645. The Bertz CT molecular complexity index is 3730. The maximum absolute atomic E-state index is 7.01. The molecule has 11 aromatic rings. The summed E-state index contributed by atoms with van der Waals surface area (Å²) < 4.78 is 7.01. The molecule has 0 unspecified atom stereocenters. The number of anilines is 3. The summed E-state index contributed by atoms with van der Waals surface area (Å²) in [5.41, 5.74) is 22.6. The van der Waals surface area contributed by atoms with Crippen molar-refractivity contribution in [3.63, 3.8) is 0 Å². The Labute approximate surface area is 372 Å². The molecule has 0 bridgehead atoms. The number of rotatable bonds is 4. The Hall–Kier alpha value is -7.94. The Balaban J connectivity index is 1.05. The van der Waals surface area contributed by atoms with Gasteiger partial charge < -0.3 is 9.32 Å². The van der Waals surface area contributed by atoms with Gasteiger partial charge in [-0.15, -0.1) is 0 Å². The smallest absolute Gasteiger partial charge is 0.137 e. The zero-order valence-electron chi connectivity index (χ0n) is 35.6. The number of hydrogen-bond donors (Lipinski definition) is 0. The Morgan fingerprint density at radius 2 is 0.906 bits per heavy atom. The van der Waals surface area contributed by atoms with Crippen LogP contribution in [0.2, 0.25) is 0 Å². The summed E-state index contributed by atoms with van der Waals surface area (Å²) in [6.07, 6.45) is 0. The Morgan fingerprint density at radius 3 is 1.64 bits per heavy atom. The van der Waals surface area contributed by atoms with Crippen LogP contribution in [-0.4, -0.2) is 0 Å². The van der Waals surface area contributed by atoms with Gasteiger partial charge in [0.05, 0.1) is 11.1 Å². The van der Waals surface area contributed by atoms with E-state index in [9.17, 15) is 0 Å². The molecule has 0 saturated carbocycles. The molecule has 0 radical (unpaired) electrons. The zero-order valence-corrected chi connectivity index (χ0v) is 35.6. The lowest BCUT2D eigenvalue weighted by atomic mass is 9.70. The van der Waals surface area contributed by atoms with Crippen molar-refractivity contribution in [1.29, 1.82) is 0 Å². The highest BCUT2D eigenvalue weighted by Crippen LogP contribution is 2.65. The fourth-order valence-corrected chi connectivity index (χ4v) is 12.2. The Kier molecular flexibility index (Phi) is 7.13. The SMILES string of the molecule is CC1(C)c2ccccc2-c2ccc(N(c3ccc4c(c3)oc3cc(-c5ccccc5)c5ccccc5c34)c3cccc4c3-c3ccccc3C43c4ccccc4-c4ccccc43)cc21. The molecule has 300 valence electrons. The molecule has 2 nitrogen and oxygen atoms in total. The van der Waals surface area contributed by atoms with Gasteiger partial charge in [0.2, 0.25) is 0 Å². The van der Waals surface area contributed by atoms with Crippen LogP contribution in [0.1, 0.15) is 47.2 Å². The topological polar surface area (TPSA) is 16.4 Å². The van der Waals surface area contributed by atoms with Crippen molar-refractivity contribution in [3.05, 3.63) is 246 Å². The average molecular weight is 816 g/mol. The number of fused-ring (bicyclic) bond motifs is 18. The number of furan rings is 1. The summed E-state index contributed by atoms with van der Waals surface area (Å²) in [6, 6.07) is 78.8. The molecule has 1 heterocycles. The molecule has 1 spiro atoms. The molecule has 0 amide bonds. The van der Waals surface area contributed by atoms with E-state index in [2.05, 4.69) is 231 Å². The fourth-order valence-electron chi connectivity index (χ4n) is 12.2. The molecular formula is C62H41NO. The summed E-state index contributed by atoms with van der Waals surface area (Å²) in [5, 5.41) is 4.68. The van der Waals surface area contributed by atoms with Crippen molar-refractivity contribution in [2.75, 3.05) is 4.90 Å². The van der Waals surface area contributed by atoms with Crippen LogP contribution >= 0.6 is 0 Å². The summed E-state index contributed by atoms with van der Waals surface area (Å²) >= 11 is 0. The van der Waals surface area contributed by atoms with Crippen LogP contribution in [-0.2, 0) is 10.8 Å². The van der Waals surface area contributed by atoms with Crippen LogP contribution in [0.4, 0.5) is 17.1 Å². The highest BCUT2D eigenvalue weighted by Gasteiger charge is 2.52. The van der Waals surface area contributed by atoms with Crippen LogP contribution in [0.5, 0.6) is 0 Å². The van der Waals surface area contributed by atoms with Gasteiger partial charge >= 0.3 is 0 Å². The molecular weight excluding hydrogens is 775 g/mol. The molecule has 3 aliphatic rings. The van der Waals surface area contributed by atoms with Gasteiger partial charge in [-0.2, -0.15) is 0 Å². The van der Waals surface area contributed by atoms with Crippen molar-refractivity contribution in [1.82, 2.24) is 0 Å². The molecule has 1 aromatic heterocycles. The first-order chi connectivity index (χ1) is 31.5. The minimum atomic E-state index is -0.456. The van der Waals surface area contributed by atoms with Crippen LogP contribution in [0, 0.1) is 0 Å². The maximum atomic E-state index is 7.01. The quantitative estimate of drug-likeness (QED) is 0.176. The predicted molar refractivity (Wildman–Crippen MR) is 265 cm³/mol. The second-order valence-corrected chi connectivity index (χ2v) is 18.3. The number of nitrogens with zero attached hydrogens (tertiary/aromatic N) is 1. The molecule has 64 heavy (non-hydrogen) atoms. The monoisotopic (exact) mass is 815 g/mol. The summed E-state index contributed by atoms with van der Waals surface area (Å²) in [5.74, 6) is 0. The first-order valence-corrected chi connectivity index (χ1v) is 22.4. The van der Waals surface area contributed by atoms with E-state index in [1.807, 2.05) is 0 Å². The molecule has 3 aliphatic carbocycles. The molecule has 2 heteroatoms. The zero-order chi connectivity index (χ0) is 42.3. The molecule has 0 aliphatic heterocycles. The van der Waals surface area contributed by atoms with E-state index in [1.54, 1.807) is 0 Å². The van der Waals surface area contributed by atoms with Crippen molar-refractivity contribution in [3.8, 4) is 44.5 Å². The number of benzene rings is 10. The van der Waals surface area contributed by atoms with Crippen LogP contribution in [0.15, 0.2) is 217 Å². The van der Waals surface area contributed by atoms with Crippen molar-refractivity contribution < 1.29 is 4.42 Å². The van der Waals surface area contributed by atoms with Gasteiger partial charge in [-0.3, -0.25) is 0 Å². The standard InChI is InChI=1S/C62H41NO/c1-61(2)50-25-12-8-20-42(50)45-33-31-39(35-55(45)61)63(40-32-34-48-57(36-40)64-58-37-49(38-17-4-3-5-18-38)41-19-6-7-23-46(41)59(48)58)56-30-16-29-54-60(56)47-24-11-15-28-53(47)62(54)51-26-13-9-21-43(51)44-22-10-14-27-52(44)62/h3-37H,1-2H3. The van der Waals surface area contributed by atoms with E-state index in [0.717, 1.165) is 39.0 Å². The average Bonchev–Trinajstić information content (AvgIpc) is 4.04. The molecule has 0 saturated heterocycles. The highest BCUT2D eigenvalue weighted by atomic mass is 16.3. The van der Waals surface area contributed by atoms with Crippen LogP contribution < -0.4 is 4.90 Å². The van der Waals surface area contributed by atoms with E-state index in [1.165, 1.54) is 88.7 Å². The largest absolute Gasteiger partial charge is 0.456 e. The molecule has 0 atom stereocenters. The Morgan fingerprint density at radius 1 is 0.359 bits per heavy atom. The third kappa shape index (κ3) is 4.54. The third-order valence-corrected chi connectivity index (χ3v) is 14.9. The van der Waals surface area contributed by atoms with E-state index in [4.69, 9.17) is 4.42 Å². The van der Waals surface area contributed by atoms with Crippen LogP contribution in [0.3, 0.4) is 0 Å². The molecule has 14 rings (SSSR count). The van der Waals surface area contributed by atoms with E-state index in [-0.39, 0.29) is 5.41 Å². The van der Waals surface area contributed by atoms with Crippen molar-refractivity contribution in [2.24, 2.45) is 0 Å². The summed E-state index contributed by atoms with van der Waals surface area (Å²) in [7, 11) is 0. The lowest BCUT2D eigenvalue weighted by Crippen LogP contribution is -2.26. The molecule has 10 aromatic carbocycles. The van der Waals surface area contributed by atoms with Gasteiger partial charge in [-0.25, -0.2) is 0 Å². The lowest BCUT2D eigenvalue weighted by molar-refractivity contribution is 0.660. The first-order valence-electron chi connectivity index (χ1n) is 22.4. The summed E-state index contributed by atoms with van der Waals surface area (Å²) in [4.78, 5) is 2.50. The van der Waals surface area contributed by atoms with Gasteiger partial charge in [-0.05, 0) is 119 Å². The van der Waals surface area contributed by atoms with E-state index in [0.29, 0.717) is 0 Å². The van der Waals surface area contributed by atoms with Gasteiger partial charge in [0, 0.05) is 39.2 Å². The van der Waals surface area contributed by atoms with Gasteiger partial charge in [-0.1, -0.05) is 184 Å². The number of hydrogen-bond acceptors (Lipinski definition) is 2. The maximum Gasteiger partial charge on any atom is 0.137 e. The van der Waals surface area contributed by atoms with E-state index < -0.39 is 5.41 Å². The highest BCUT2D eigenvalue weighted by molar-refractivity contribution is 6.22. The van der Waals surface area contributed by atoms with Crippen molar-refractivity contribution in [2.45, 2.75) is 24.7 Å². The lowest BCUT2D eigenvalue weighted by Gasteiger charge is -2.32. The van der Waals surface area contributed by atoms with Gasteiger partial charge in [0.1, 0.15) is 11.2 Å². The van der Waals surface area contributed by atoms with E-state index >= 15 is 0 Å². The predicted octanol–water partition coefficient (Wildman–Crippen LogP) is 16.5. The summed E-state index contributed by atoms with van der Waals surface area (Å²) in [6.45, 7) is 4.74. The molecule has 0 fully saturated rings. The van der Waals surface area contributed by atoms with Crippen molar-refractivity contribution >= 4 is 49.8 Å². The normalized spacial score (nSPS) is 14.3. The second-order valence-electron chi connectivity index (χ2n) is 18.3.